The third kappa shape index (κ3) is 7.89. The molecule has 0 radical (unpaired) electrons. The van der Waals surface area contributed by atoms with E-state index >= 15 is 0 Å². The van der Waals surface area contributed by atoms with Crippen molar-refractivity contribution in [2.24, 2.45) is 0 Å². The van der Waals surface area contributed by atoms with Crippen molar-refractivity contribution in [3.63, 3.8) is 0 Å². The molecule has 1 aliphatic rings. The van der Waals surface area contributed by atoms with Crippen LogP contribution < -0.4 is 14.4 Å². The van der Waals surface area contributed by atoms with E-state index in [1.54, 1.807) is 20.4 Å². The number of carboxylic acids is 1. The number of anilines is 1. The number of aryl methyl sites for hydroxylation is 2. The second kappa shape index (κ2) is 14.1. The van der Waals surface area contributed by atoms with Crippen molar-refractivity contribution in [2.75, 3.05) is 83.5 Å². The van der Waals surface area contributed by atoms with Crippen LogP contribution in [0, 0.1) is 0 Å². The smallest absolute Gasteiger partial charge is 0.340 e. The topological polar surface area (TPSA) is 102 Å². The van der Waals surface area contributed by atoms with Gasteiger partial charge in [0.25, 0.3) is 0 Å². The number of likely N-dealkylation sites (N-methyl/N-ethyl adjacent to an activating group) is 1. The van der Waals surface area contributed by atoms with Gasteiger partial charge in [0.05, 0.1) is 38.4 Å². The van der Waals surface area contributed by atoms with Gasteiger partial charge in [-0.25, -0.2) is 24.8 Å². The molecule has 242 valence electrons. The van der Waals surface area contributed by atoms with Crippen LogP contribution in [0.15, 0.2) is 48.7 Å². The lowest BCUT2D eigenvalue weighted by Crippen LogP contribution is -2.44. The van der Waals surface area contributed by atoms with Gasteiger partial charge < -0.3 is 29.1 Å². The molecule has 2 aromatic heterocycles. The summed E-state index contributed by atoms with van der Waals surface area (Å²) in [6.45, 7) is 4.71. The van der Waals surface area contributed by atoms with E-state index in [1.807, 2.05) is 34.9 Å². The van der Waals surface area contributed by atoms with E-state index in [0.29, 0.717) is 53.5 Å². The molecule has 1 aliphatic heterocycles. The molecule has 0 aliphatic carbocycles. The number of piperazine rings is 1. The minimum absolute atomic E-state index is 0.139. The number of aromatic nitrogens is 3. The molecule has 11 heteroatoms. The fourth-order valence-corrected chi connectivity index (χ4v) is 6.15. The van der Waals surface area contributed by atoms with Gasteiger partial charge in [0.15, 0.2) is 5.65 Å². The largest absolute Gasteiger partial charge is 0.497 e. The third-order valence-electron chi connectivity index (χ3n) is 8.17. The van der Waals surface area contributed by atoms with Crippen LogP contribution in [0.25, 0.3) is 22.4 Å². The van der Waals surface area contributed by atoms with Gasteiger partial charge in [0, 0.05) is 43.7 Å². The van der Waals surface area contributed by atoms with E-state index in [1.165, 1.54) is 0 Å². The van der Waals surface area contributed by atoms with Crippen molar-refractivity contribution in [3.05, 3.63) is 65.5 Å². The number of nitrogens with zero attached hydrogens (tertiary/aromatic N) is 5. The summed E-state index contributed by atoms with van der Waals surface area (Å²) in [7, 11) is 4.66. The lowest BCUT2D eigenvalue weighted by Gasteiger charge is -2.34. The Kier molecular flexibility index (Phi) is 10.2. The standard InChI is InChI=1S/C34H45N5O5S/c1-37-13-15-38(16-14-37)27-11-8-25(9-12-27)32-30(34(40)41)31-33(39(32)23-44-17-18-45(4,5)6)35-22-26(36-31)10-7-24-19-28(42-2)21-29(20-24)43-3/h8-9,11-12,19-22H,7,10,13-18,23H2,1-6H3,(H,40,41). The average Bonchev–Trinajstić information content (AvgIpc) is 3.35. The SMILES string of the molecule is COc1cc(CCc2cnc3c(n2)c(C(=O)O)c(-c2ccc(N4CCN(C)CC4)cc2)n3COCCS(C)(C)C)cc(OC)c1. The Morgan fingerprint density at radius 3 is 2.22 bits per heavy atom. The minimum atomic E-state index is -1.04. The first-order chi connectivity index (χ1) is 21.6. The summed E-state index contributed by atoms with van der Waals surface area (Å²) in [4.78, 5) is 27.2. The van der Waals surface area contributed by atoms with Gasteiger partial charge in [0.1, 0.15) is 29.3 Å². The molecule has 0 spiro atoms. The summed E-state index contributed by atoms with van der Waals surface area (Å²) in [5.74, 6) is 1.35. The van der Waals surface area contributed by atoms with Crippen LogP contribution in [0.2, 0.25) is 0 Å². The van der Waals surface area contributed by atoms with Crippen molar-refractivity contribution in [3.8, 4) is 22.8 Å². The van der Waals surface area contributed by atoms with Gasteiger partial charge in [-0.3, -0.25) is 4.57 Å². The third-order valence-corrected chi connectivity index (χ3v) is 9.56. The van der Waals surface area contributed by atoms with Crippen molar-refractivity contribution in [2.45, 2.75) is 19.6 Å². The van der Waals surface area contributed by atoms with Crippen LogP contribution in [0.4, 0.5) is 5.69 Å². The Hall–Kier alpha value is -3.80. The molecular formula is C34H45N5O5S. The van der Waals surface area contributed by atoms with Crippen molar-refractivity contribution in [1.82, 2.24) is 19.4 Å². The monoisotopic (exact) mass is 635 g/mol. The normalized spacial score (nSPS) is 14.6. The summed E-state index contributed by atoms with van der Waals surface area (Å²) in [6.07, 6.45) is 9.74. The van der Waals surface area contributed by atoms with E-state index in [2.05, 4.69) is 47.7 Å². The van der Waals surface area contributed by atoms with Crippen LogP contribution in [-0.2, 0) is 24.3 Å². The Labute approximate surface area is 267 Å². The number of benzene rings is 2. The van der Waals surface area contributed by atoms with Crippen molar-refractivity contribution < 1.29 is 24.1 Å². The van der Waals surface area contributed by atoms with Crippen LogP contribution in [0.1, 0.15) is 21.6 Å². The zero-order chi connectivity index (χ0) is 32.1. The maximum atomic E-state index is 12.9. The van der Waals surface area contributed by atoms with Crippen LogP contribution in [-0.4, -0.2) is 109 Å². The lowest BCUT2D eigenvalue weighted by molar-refractivity contribution is 0.0697. The van der Waals surface area contributed by atoms with E-state index in [4.69, 9.17) is 24.2 Å². The zero-order valence-electron chi connectivity index (χ0n) is 27.2. The Morgan fingerprint density at radius 1 is 0.956 bits per heavy atom. The molecular weight excluding hydrogens is 590 g/mol. The number of rotatable bonds is 13. The van der Waals surface area contributed by atoms with Crippen molar-refractivity contribution in [1.29, 1.82) is 0 Å². The van der Waals surface area contributed by atoms with Gasteiger partial charge in [-0.05, 0) is 74.0 Å². The number of carboxylic acid groups (broad SMARTS) is 1. The molecule has 0 saturated carbocycles. The summed E-state index contributed by atoms with van der Waals surface area (Å²) in [5.41, 5.74) is 5.22. The number of aromatic carboxylic acids is 1. The van der Waals surface area contributed by atoms with Crippen LogP contribution >= 0.6 is 10.0 Å². The molecule has 3 heterocycles. The van der Waals surface area contributed by atoms with Gasteiger partial charge in [-0.15, -0.1) is 0 Å². The molecule has 4 aromatic rings. The van der Waals surface area contributed by atoms with Crippen LogP contribution in [0.5, 0.6) is 11.5 Å². The summed E-state index contributed by atoms with van der Waals surface area (Å²) < 4.78 is 18.9. The number of carbonyl (C=O) groups is 1. The average molecular weight is 636 g/mol. The Balaban J connectivity index is 1.50. The summed E-state index contributed by atoms with van der Waals surface area (Å²) in [6, 6.07) is 13.9. The Morgan fingerprint density at radius 2 is 1.62 bits per heavy atom. The van der Waals surface area contributed by atoms with E-state index in [9.17, 15) is 9.90 Å². The molecule has 0 atom stereocenters. The lowest BCUT2D eigenvalue weighted by atomic mass is 10.1. The van der Waals surface area contributed by atoms with Gasteiger partial charge in [-0.2, -0.15) is 0 Å². The van der Waals surface area contributed by atoms with Gasteiger partial charge in [-0.1, -0.05) is 12.1 Å². The zero-order valence-corrected chi connectivity index (χ0v) is 28.0. The highest BCUT2D eigenvalue weighted by Gasteiger charge is 2.27. The minimum Gasteiger partial charge on any atom is -0.497 e. The molecule has 1 N–H and O–H groups in total. The molecule has 0 unspecified atom stereocenters. The second-order valence-corrected chi connectivity index (χ2v) is 17.0. The molecule has 0 amide bonds. The number of hydrogen-bond acceptors (Lipinski definition) is 8. The van der Waals surface area contributed by atoms with E-state index in [-0.39, 0.29) is 12.3 Å². The number of fused-ring (bicyclic) bond motifs is 1. The van der Waals surface area contributed by atoms with Crippen molar-refractivity contribution >= 4 is 32.8 Å². The fraction of sp³-hybridized carbons (Fsp3) is 0.441. The first kappa shape index (κ1) is 32.6. The predicted molar refractivity (Wildman–Crippen MR) is 183 cm³/mol. The number of ether oxygens (including phenoxy) is 3. The van der Waals surface area contributed by atoms with Gasteiger partial charge in [0.2, 0.25) is 0 Å². The second-order valence-electron chi connectivity index (χ2n) is 12.4. The number of hydrogen-bond donors (Lipinski definition) is 1. The quantitative estimate of drug-likeness (QED) is 0.203. The molecule has 45 heavy (non-hydrogen) atoms. The molecule has 2 aromatic carbocycles. The predicted octanol–water partition coefficient (Wildman–Crippen LogP) is 5.02. The van der Waals surface area contributed by atoms with Crippen LogP contribution in [0.3, 0.4) is 0 Å². The fourth-order valence-electron chi connectivity index (χ4n) is 5.53. The highest BCUT2D eigenvalue weighted by Crippen LogP contribution is 2.36. The maximum Gasteiger partial charge on any atom is 0.340 e. The Bertz CT molecular complexity index is 1600. The molecule has 0 bridgehead atoms. The number of methoxy groups -OCH3 is 2. The highest BCUT2D eigenvalue weighted by molar-refractivity contribution is 8.32. The molecule has 10 nitrogen and oxygen atoms in total. The molecule has 5 rings (SSSR count). The maximum absolute atomic E-state index is 12.9. The summed E-state index contributed by atoms with van der Waals surface area (Å²) in [5, 5.41) is 10.6. The molecule has 1 fully saturated rings. The first-order valence-corrected chi connectivity index (χ1v) is 18.2. The van der Waals surface area contributed by atoms with E-state index < -0.39 is 16.0 Å². The summed E-state index contributed by atoms with van der Waals surface area (Å²) >= 11 is 0. The first-order valence-electron chi connectivity index (χ1n) is 15.2. The van der Waals surface area contributed by atoms with E-state index in [0.717, 1.165) is 48.7 Å². The molecule has 1 saturated heterocycles. The highest BCUT2D eigenvalue weighted by atomic mass is 32.3. The van der Waals surface area contributed by atoms with Gasteiger partial charge >= 0.3 is 5.97 Å².